The van der Waals surface area contributed by atoms with E-state index in [2.05, 4.69) is 15.1 Å². The van der Waals surface area contributed by atoms with Crippen molar-refractivity contribution in [2.45, 2.75) is 26.7 Å². The van der Waals surface area contributed by atoms with Crippen LogP contribution < -0.4 is 10.5 Å². The van der Waals surface area contributed by atoms with Gasteiger partial charge in [0.1, 0.15) is 17.0 Å². The van der Waals surface area contributed by atoms with E-state index in [0.717, 1.165) is 11.9 Å². The summed E-state index contributed by atoms with van der Waals surface area (Å²) in [6.07, 6.45) is 2.06. The molecule has 3 heterocycles. The Morgan fingerprint density at radius 3 is 2.77 bits per heavy atom. The molecule has 30 heavy (non-hydrogen) atoms. The van der Waals surface area contributed by atoms with E-state index in [9.17, 15) is 13.2 Å². The van der Waals surface area contributed by atoms with Gasteiger partial charge < -0.3 is 10.5 Å². The van der Waals surface area contributed by atoms with Gasteiger partial charge in [0.15, 0.2) is 5.82 Å². The molecule has 1 aliphatic heterocycles. The normalized spacial score (nSPS) is 17.0. The molecule has 6 nitrogen and oxygen atoms in total. The van der Waals surface area contributed by atoms with Gasteiger partial charge in [-0.1, -0.05) is 6.92 Å². The summed E-state index contributed by atoms with van der Waals surface area (Å²) in [6, 6.07) is 2.97. The van der Waals surface area contributed by atoms with Gasteiger partial charge in [0.2, 0.25) is 11.8 Å². The molecule has 0 radical (unpaired) electrons. The second-order valence-corrected chi connectivity index (χ2v) is 7.61. The average Bonchev–Trinajstić information content (AvgIpc) is 3.03. The summed E-state index contributed by atoms with van der Waals surface area (Å²) in [4.78, 5) is 8.44. The van der Waals surface area contributed by atoms with Crippen molar-refractivity contribution in [3.63, 3.8) is 0 Å². The Labute approximate surface area is 171 Å². The second-order valence-electron chi connectivity index (χ2n) is 7.61. The zero-order valence-electron chi connectivity index (χ0n) is 16.9. The summed E-state index contributed by atoms with van der Waals surface area (Å²) in [5.41, 5.74) is 8.02. The minimum atomic E-state index is -0.606. The summed E-state index contributed by atoms with van der Waals surface area (Å²) in [5.74, 6) is -1.09. The molecular weight excluding hydrogens is 395 g/mol. The van der Waals surface area contributed by atoms with Crippen molar-refractivity contribution in [1.82, 2.24) is 14.6 Å². The molecule has 3 aromatic rings. The number of benzene rings is 1. The number of aromatic nitrogens is 3. The summed E-state index contributed by atoms with van der Waals surface area (Å²) in [7, 11) is 1.39. The molecule has 0 saturated heterocycles. The van der Waals surface area contributed by atoms with Crippen LogP contribution >= 0.6 is 0 Å². The molecule has 0 aliphatic carbocycles. The third-order valence-corrected chi connectivity index (χ3v) is 5.71. The Hall–Kier alpha value is -3.10. The fourth-order valence-corrected chi connectivity index (χ4v) is 4.17. The molecule has 2 N–H and O–H groups in total. The minimum absolute atomic E-state index is 0.00352. The first-order chi connectivity index (χ1) is 14.3. The van der Waals surface area contributed by atoms with Crippen molar-refractivity contribution in [2.75, 3.05) is 19.5 Å². The predicted octanol–water partition coefficient (Wildman–Crippen LogP) is 4.53. The van der Waals surface area contributed by atoms with Gasteiger partial charge in [0.25, 0.3) is 0 Å². The van der Waals surface area contributed by atoms with Gasteiger partial charge in [-0.2, -0.15) is 4.98 Å². The number of nitrogens with two attached hydrogens (primary N) is 1. The van der Waals surface area contributed by atoms with E-state index in [-0.39, 0.29) is 40.4 Å². The molecule has 1 aromatic carbocycles. The lowest BCUT2D eigenvalue weighted by Crippen LogP contribution is -2.25. The van der Waals surface area contributed by atoms with Crippen molar-refractivity contribution < 1.29 is 17.9 Å². The molecule has 4 rings (SSSR count). The third-order valence-electron chi connectivity index (χ3n) is 5.71. The van der Waals surface area contributed by atoms with Gasteiger partial charge in [-0.3, -0.25) is 9.38 Å². The predicted molar refractivity (Wildman–Crippen MR) is 109 cm³/mol. The molecule has 0 saturated carbocycles. The number of hydrogen-bond donors (Lipinski definition) is 1. The summed E-state index contributed by atoms with van der Waals surface area (Å²) in [5, 5.41) is 3.98. The van der Waals surface area contributed by atoms with Crippen LogP contribution in [0.25, 0.3) is 16.6 Å². The monoisotopic (exact) mass is 417 g/mol. The van der Waals surface area contributed by atoms with Gasteiger partial charge in [-0.05, 0) is 48.9 Å². The number of nitrogens with zero attached hydrogens (tertiary/aromatic N) is 4. The molecular formula is C21H22F3N5O. The molecule has 0 unspecified atom stereocenters. The maximum Gasteiger partial charge on any atom is 0.243 e. The molecule has 0 fully saturated rings. The number of rotatable bonds is 5. The number of anilines is 1. The smallest absolute Gasteiger partial charge is 0.243 e. The fourth-order valence-electron chi connectivity index (χ4n) is 4.17. The summed E-state index contributed by atoms with van der Waals surface area (Å²) in [6.45, 7) is 3.38. The average molecular weight is 417 g/mol. The number of fused-ring (bicyclic) bond motifs is 2. The largest absolute Gasteiger partial charge is 0.479 e. The number of methoxy groups -OCH3 is 1. The molecule has 9 heteroatoms. The first-order valence-electron chi connectivity index (χ1n) is 9.66. The van der Waals surface area contributed by atoms with Gasteiger partial charge in [-0.25, -0.2) is 13.3 Å². The van der Waals surface area contributed by atoms with Crippen LogP contribution in [0.5, 0.6) is 5.88 Å². The lowest BCUT2D eigenvalue weighted by Gasteiger charge is -2.28. The van der Waals surface area contributed by atoms with E-state index < -0.39 is 18.3 Å². The Balaban J connectivity index is 1.87. The van der Waals surface area contributed by atoms with Crippen molar-refractivity contribution in [3.8, 4) is 17.0 Å². The van der Waals surface area contributed by atoms with E-state index in [4.69, 9.17) is 10.5 Å². The van der Waals surface area contributed by atoms with Crippen LogP contribution in [-0.2, 0) is 6.42 Å². The number of hydrogen-bond acceptors (Lipinski definition) is 5. The van der Waals surface area contributed by atoms with E-state index >= 15 is 0 Å². The van der Waals surface area contributed by atoms with Crippen molar-refractivity contribution in [2.24, 2.45) is 16.8 Å². The molecule has 0 spiro atoms. The quantitative estimate of drug-likeness (QED) is 0.662. The molecule has 2 atom stereocenters. The van der Waals surface area contributed by atoms with Crippen LogP contribution in [0.3, 0.4) is 0 Å². The van der Waals surface area contributed by atoms with Crippen LogP contribution in [0, 0.1) is 23.5 Å². The zero-order valence-corrected chi connectivity index (χ0v) is 16.9. The van der Waals surface area contributed by atoms with Crippen LogP contribution in [0.2, 0.25) is 0 Å². The van der Waals surface area contributed by atoms with Crippen LogP contribution in [0.4, 0.5) is 24.8 Å². The standard InChI is InChI=1S/C21H22F3N5O/c1-10(4-5-22)14-7-13-6-12(8-15(23)18(13)26-11(14)2)17-16(24)9-29-19(17)20(30-3)27-21(25)28-29/h6,8-10,14H,4-5,7H2,1-3H3,(H2,25,28)/t10-,14-/m1/s1. The molecule has 2 aromatic heterocycles. The molecule has 0 bridgehead atoms. The zero-order chi connectivity index (χ0) is 21.6. The van der Waals surface area contributed by atoms with Crippen molar-refractivity contribution in [1.29, 1.82) is 0 Å². The first-order valence-corrected chi connectivity index (χ1v) is 9.66. The Morgan fingerprint density at radius 2 is 2.07 bits per heavy atom. The SMILES string of the molecule is COc1nc(N)nn2cc(F)c(-c3cc(F)c4c(c3)C[C@H]([C@H](C)CCF)C(C)=N4)c12. The van der Waals surface area contributed by atoms with Crippen molar-refractivity contribution in [3.05, 3.63) is 35.5 Å². The second kappa shape index (κ2) is 7.62. The lowest BCUT2D eigenvalue weighted by atomic mass is 9.80. The molecule has 1 aliphatic rings. The molecule has 0 amide bonds. The Morgan fingerprint density at radius 1 is 1.30 bits per heavy atom. The number of alkyl halides is 1. The number of halogens is 3. The first kappa shape index (κ1) is 20.2. The Bertz CT molecular complexity index is 1160. The molecule has 158 valence electrons. The summed E-state index contributed by atoms with van der Waals surface area (Å²) < 4.78 is 49.2. The maximum atomic E-state index is 15.0. The number of nitrogen functional groups attached to an aromatic ring is 1. The van der Waals surface area contributed by atoms with Crippen LogP contribution in [-0.4, -0.2) is 34.1 Å². The fraction of sp³-hybridized carbons (Fsp3) is 0.381. The van der Waals surface area contributed by atoms with Gasteiger partial charge in [-0.15, -0.1) is 5.10 Å². The summed E-state index contributed by atoms with van der Waals surface area (Å²) >= 11 is 0. The highest BCUT2D eigenvalue weighted by atomic mass is 19.1. The van der Waals surface area contributed by atoms with E-state index in [0.29, 0.717) is 24.0 Å². The van der Waals surface area contributed by atoms with Crippen LogP contribution in [0.1, 0.15) is 25.8 Å². The van der Waals surface area contributed by atoms with E-state index in [1.807, 2.05) is 13.8 Å². The lowest BCUT2D eigenvalue weighted by molar-refractivity contribution is 0.352. The van der Waals surface area contributed by atoms with Gasteiger partial charge in [0, 0.05) is 11.6 Å². The highest BCUT2D eigenvalue weighted by molar-refractivity contribution is 5.91. The maximum absolute atomic E-state index is 15.0. The van der Waals surface area contributed by atoms with E-state index in [1.165, 1.54) is 17.7 Å². The van der Waals surface area contributed by atoms with Gasteiger partial charge in [0.05, 0.1) is 25.5 Å². The minimum Gasteiger partial charge on any atom is -0.479 e. The van der Waals surface area contributed by atoms with Gasteiger partial charge >= 0.3 is 0 Å². The van der Waals surface area contributed by atoms with E-state index in [1.54, 1.807) is 6.07 Å². The highest BCUT2D eigenvalue weighted by Gasteiger charge is 2.29. The highest BCUT2D eigenvalue weighted by Crippen LogP contribution is 2.40. The number of aliphatic imine (C=N–C) groups is 1. The van der Waals surface area contributed by atoms with Crippen LogP contribution in [0.15, 0.2) is 23.3 Å². The Kier molecular flexibility index (Phi) is 5.13. The third kappa shape index (κ3) is 3.28. The van der Waals surface area contributed by atoms with Crippen molar-refractivity contribution >= 4 is 22.9 Å². The number of ether oxygens (including phenoxy) is 1. The topological polar surface area (TPSA) is 77.8 Å².